The van der Waals surface area contributed by atoms with Crippen LogP contribution >= 0.6 is 11.3 Å². The zero-order chi connectivity index (χ0) is 10.8. The molecule has 78 valence electrons. The number of hydrogen-bond acceptors (Lipinski definition) is 2. The first-order valence-corrected chi connectivity index (χ1v) is 5.97. The van der Waals surface area contributed by atoms with Crippen LogP contribution in [0.1, 0.15) is 28.3 Å². The molecule has 0 aliphatic rings. The smallest absolute Gasteiger partial charge is 0.0560 e. The van der Waals surface area contributed by atoms with Gasteiger partial charge in [0.05, 0.1) is 6.04 Å². The van der Waals surface area contributed by atoms with Crippen LogP contribution in [0.5, 0.6) is 0 Å². The van der Waals surface area contributed by atoms with Gasteiger partial charge in [0.1, 0.15) is 0 Å². The van der Waals surface area contributed by atoms with Gasteiger partial charge in [-0.3, -0.25) is 0 Å². The molecule has 15 heavy (non-hydrogen) atoms. The Morgan fingerprint density at radius 2 is 1.73 bits per heavy atom. The first-order chi connectivity index (χ1) is 7.16. The van der Waals surface area contributed by atoms with Gasteiger partial charge in [0.15, 0.2) is 0 Å². The molecule has 0 saturated carbocycles. The Morgan fingerprint density at radius 1 is 1.07 bits per heavy atom. The lowest BCUT2D eigenvalue weighted by atomic mass is 9.98. The van der Waals surface area contributed by atoms with Crippen molar-refractivity contribution < 1.29 is 0 Å². The maximum absolute atomic E-state index is 6.21. The number of benzene rings is 1. The summed E-state index contributed by atoms with van der Waals surface area (Å²) in [6.07, 6.45) is 0. The molecule has 0 aliphatic heterocycles. The molecule has 0 saturated heterocycles. The third-order valence-corrected chi connectivity index (χ3v) is 3.21. The molecule has 1 heterocycles. The molecular formula is C13H15NS. The summed E-state index contributed by atoms with van der Waals surface area (Å²) < 4.78 is 0. The molecular weight excluding hydrogens is 202 g/mol. The molecule has 1 aromatic carbocycles. The topological polar surface area (TPSA) is 26.0 Å². The molecule has 2 heteroatoms. The van der Waals surface area contributed by atoms with E-state index in [1.165, 1.54) is 22.3 Å². The summed E-state index contributed by atoms with van der Waals surface area (Å²) in [6.45, 7) is 4.22. The molecule has 2 N–H and O–H groups in total. The van der Waals surface area contributed by atoms with Crippen LogP contribution in [0.2, 0.25) is 0 Å². The third kappa shape index (κ3) is 2.28. The second kappa shape index (κ2) is 4.17. The van der Waals surface area contributed by atoms with Crippen molar-refractivity contribution in [2.45, 2.75) is 19.9 Å². The van der Waals surface area contributed by atoms with E-state index < -0.39 is 0 Å². The highest BCUT2D eigenvalue weighted by molar-refractivity contribution is 7.08. The fraction of sp³-hybridized carbons (Fsp3) is 0.231. The van der Waals surface area contributed by atoms with Crippen LogP contribution in [0.15, 0.2) is 35.0 Å². The highest BCUT2D eigenvalue weighted by atomic mass is 32.1. The summed E-state index contributed by atoms with van der Waals surface area (Å²) in [4.78, 5) is 0. The Kier molecular flexibility index (Phi) is 2.89. The summed E-state index contributed by atoms with van der Waals surface area (Å²) in [5, 5.41) is 4.18. The van der Waals surface area contributed by atoms with E-state index in [0.717, 1.165) is 0 Å². The number of nitrogens with two attached hydrogens (primary N) is 1. The van der Waals surface area contributed by atoms with Crippen LogP contribution in [0.25, 0.3) is 0 Å². The predicted octanol–water partition coefficient (Wildman–Crippen LogP) is 3.41. The van der Waals surface area contributed by atoms with E-state index >= 15 is 0 Å². The first kappa shape index (κ1) is 10.4. The average molecular weight is 217 g/mol. The highest BCUT2D eigenvalue weighted by Crippen LogP contribution is 2.23. The number of hydrogen-bond donors (Lipinski definition) is 1. The largest absolute Gasteiger partial charge is 0.320 e. The minimum Gasteiger partial charge on any atom is -0.320 e. The van der Waals surface area contributed by atoms with Crippen molar-refractivity contribution in [3.63, 3.8) is 0 Å². The van der Waals surface area contributed by atoms with Gasteiger partial charge in [0.2, 0.25) is 0 Å². The van der Waals surface area contributed by atoms with Crippen LogP contribution in [0, 0.1) is 13.8 Å². The molecule has 0 fully saturated rings. The molecule has 0 spiro atoms. The Labute approximate surface area is 94.6 Å². The monoisotopic (exact) mass is 217 g/mol. The van der Waals surface area contributed by atoms with Gasteiger partial charge in [-0.2, -0.15) is 11.3 Å². The van der Waals surface area contributed by atoms with Crippen molar-refractivity contribution in [2.24, 2.45) is 5.73 Å². The standard InChI is InChI=1S/C13H15NS/c1-9-5-10(2)7-12(6-9)13(14)11-3-4-15-8-11/h3-8,13H,14H2,1-2H3. The van der Waals surface area contributed by atoms with Gasteiger partial charge in [-0.25, -0.2) is 0 Å². The third-order valence-electron chi connectivity index (χ3n) is 2.51. The van der Waals surface area contributed by atoms with Gasteiger partial charge < -0.3 is 5.73 Å². The second-order valence-electron chi connectivity index (χ2n) is 3.96. The van der Waals surface area contributed by atoms with Crippen molar-refractivity contribution in [1.82, 2.24) is 0 Å². The Bertz CT molecular complexity index is 425. The van der Waals surface area contributed by atoms with Crippen molar-refractivity contribution in [3.05, 3.63) is 57.3 Å². The fourth-order valence-electron chi connectivity index (χ4n) is 1.83. The van der Waals surface area contributed by atoms with Crippen molar-refractivity contribution >= 4 is 11.3 Å². The van der Waals surface area contributed by atoms with Crippen molar-refractivity contribution in [2.75, 3.05) is 0 Å². The Morgan fingerprint density at radius 3 is 2.27 bits per heavy atom. The van der Waals surface area contributed by atoms with Gasteiger partial charge >= 0.3 is 0 Å². The van der Waals surface area contributed by atoms with E-state index in [4.69, 9.17) is 5.73 Å². The molecule has 1 unspecified atom stereocenters. The lowest BCUT2D eigenvalue weighted by molar-refractivity contribution is 0.873. The maximum atomic E-state index is 6.21. The normalized spacial score (nSPS) is 12.7. The minimum atomic E-state index is 0.00912. The average Bonchev–Trinajstić information content (AvgIpc) is 2.67. The lowest BCUT2D eigenvalue weighted by Gasteiger charge is -2.12. The van der Waals surface area contributed by atoms with E-state index in [9.17, 15) is 0 Å². The quantitative estimate of drug-likeness (QED) is 0.819. The second-order valence-corrected chi connectivity index (χ2v) is 4.74. The first-order valence-electron chi connectivity index (χ1n) is 5.02. The summed E-state index contributed by atoms with van der Waals surface area (Å²) in [5.74, 6) is 0. The zero-order valence-electron chi connectivity index (χ0n) is 9.03. The SMILES string of the molecule is Cc1cc(C)cc(C(N)c2ccsc2)c1. The molecule has 2 aromatic rings. The van der Waals surface area contributed by atoms with E-state index in [0.29, 0.717) is 0 Å². The fourth-order valence-corrected chi connectivity index (χ4v) is 2.53. The molecule has 1 nitrogen and oxygen atoms in total. The van der Waals surface area contributed by atoms with Crippen LogP contribution in [-0.4, -0.2) is 0 Å². The van der Waals surface area contributed by atoms with Gasteiger partial charge in [0.25, 0.3) is 0 Å². The van der Waals surface area contributed by atoms with Gasteiger partial charge in [-0.1, -0.05) is 29.3 Å². The van der Waals surface area contributed by atoms with E-state index in [1.807, 2.05) is 0 Å². The molecule has 0 bridgehead atoms. The van der Waals surface area contributed by atoms with E-state index in [1.54, 1.807) is 11.3 Å². The molecule has 2 rings (SSSR count). The molecule has 0 aliphatic carbocycles. The predicted molar refractivity (Wildman–Crippen MR) is 66.3 cm³/mol. The Balaban J connectivity index is 2.37. The highest BCUT2D eigenvalue weighted by Gasteiger charge is 2.09. The van der Waals surface area contributed by atoms with Gasteiger partial charge in [0, 0.05) is 0 Å². The van der Waals surface area contributed by atoms with Crippen molar-refractivity contribution in [3.8, 4) is 0 Å². The van der Waals surface area contributed by atoms with Crippen LogP contribution in [0.4, 0.5) is 0 Å². The van der Waals surface area contributed by atoms with Crippen molar-refractivity contribution in [1.29, 1.82) is 0 Å². The van der Waals surface area contributed by atoms with E-state index in [-0.39, 0.29) is 6.04 Å². The van der Waals surface area contributed by atoms with Crippen LogP contribution in [-0.2, 0) is 0 Å². The summed E-state index contributed by atoms with van der Waals surface area (Å²) in [6, 6.07) is 8.59. The summed E-state index contributed by atoms with van der Waals surface area (Å²) in [5.41, 5.74) is 11.2. The van der Waals surface area contributed by atoms with Gasteiger partial charge in [-0.15, -0.1) is 0 Å². The number of aryl methyl sites for hydroxylation is 2. The van der Waals surface area contributed by atoms with Crippen LogP contribution < -0.4 is 5.73 Å². The lowest BCUT2D eigenvalue weighted by Crippen LogP contribution is -2.11. The summed E-state index contributed by atoms with van der Waals surface area (Å²) >= 11 is 1.69. The van der Waals surface area contributed by atoms with E-state index in [2.05, 4.69) is 48.9 Å². The summed E-state index contributed by atoms with van der Waals surface area (Å²) in [7, 11) is 0. The molecule has 0 radical (unpaired) electrons. The van der Waals surface area contributed by atoms with Crippen LogP contribution in [0.3, 0.4) is 0 Å². The molecule has 1 atom stereocenters. The molecule has 1 aromatic heterocycles. The Hall–Kier alpha value is -1.12. The maximum Gasteiger partial charge on any atom is 0.0560 e. The zero-order valence-corrected chi connectivity index (χ0v) is 9.84. The minimum absolute atomic E-state index is 0.00912. The number of rotatable bonds is 2. The number of thiophene rings is 1. The van der Waals surface area contributed by atoms with Gasteiger partial charge in [-0.05, 0) is 41.8 Å². The molecule has 0 amide bonds.